The summed E-state index contributed by atoms with van der Waals surface area (Å²) in [6.45, 7) is 3.99. The third-order valence-electron chi connectivity index (χ3n) is 4.75. The number of nitrogens with zero attached hydrogens (tertiary/aromatic N) is 3. The maximum atomic E-state index is 12.5. The zero-order valence-corrected chi connectivity index (χ0v) is 13.6. The summed E-state index contributed by atoms with van der Waals surface area (Å²) in [6, 6.07) is 6.09. The Labute approximate surface area is 140 Å². The molecule has 1 N–H and O–H groups in total. The summed E-state index contributed by atoms with van der Waals surface area (Å²) in [5, 5.41) is 6.42. The van der Waals surface area contributed by atoms with Crippen molar-refractivity contribution in [3.63, 3.8) is 0 Å². The molecule has 7 heteroatoms. The number of H-pyrrole nitrogens is 1. The van der Waals surface area contributed by atoms with Crippen LogP contribution in [0.3, 0.4) is 0 Å². The number of carbonyl (C=O) groups excluding carboxylic acids is 1. The largest absolute Gasteiger partial charge is 0.454 e. The van der Waals surface area contributed by atoms with Crippen LogP contribution in [0.25, 0.3) is 0 Å². The van der Waals surface area contributed by atoms with Gasteiger partial charge in [-0.05, 0) is 42.4 Å². The minimum atomic E-state index is -0.0795. The van der Waals surface area contributed by atoms with Gasteiger partial charge >= 0.3 is 0 Å². The number of hydrogen-bond donors (Lipinski definition) is 1. The van der Waals surface area contributed by atoms with Crippen molar-refractivity contribution in [2.24, 2.45) is 5.41 Å². The van der Waals surface area contributed by atoms with Crippen LogP contribution in [0.1, 0.15) is 35.9 Å². The number of fused-ring (bicyclic) bond motifs is 1. The number of amides is 1. The molecular formula is C17H20N4O3. The van der Waals surface area contributed by atoms with Crippen LogP contribution in [0.4, 0.5) is 0 Å². The molecule has 1 aromatic heterocycles. The molecule has 3 heterocycles. The highest BCUT2D eigenvalue weighted by atomic mass is 16.7. The number of rotatable bonds is 3. The van der Waals surface area contributed by atoms with E-state index in [9.17, 15) is 4.79 Å². The van der Waals surface area contributed by atoms with Crippen molar-refractivity contribution in [1.29, 1.82) is 0 Å². The normalized spacial score (nSPS) is 22.6. The minimum Gasteiger partial charge on any atom is -0.454 e. The number of aromatic nitrogens is 3. The van der Waals surface area contributed by atoms with Crippen LogP contribution in [-0.2, 0) is 6.42 Å². The van der Waals surface area contributed by atoms with E-state index in [-0.39, 0.29) is 18.1 Å². The molecule has 1 aromatic carbocycles. The molecule has 0 saturated carbocycles. The molecule has 2 aromatic rings. The van der Waals surface area contributed by atoms with Gasteiger partial charge in [0.25, 0.3) is 5.91 Å². The first-order valence-electron chi connectivity index (χ1n) is 8.16. The van der Waals surface area contributed by atoms with Crippen molar-refractivity contribution < 1.29 is 14.3 Å². The van der Waals surface area contributed by atoms with Crippen molar-refractivity contribution in [2.75, 3.05) is 19.9 Å². The van der Waals surface area contributed by atoms with Crippen LogP contribution in [-0.4, -0.2) is 45.9 Å². The number of nitrogens with one attached hydrogen (secondary N) is 1. The minimum absolute atomic E-state index is 0.0294. The van der Waals surface area contributed by atoms with Gasteiger partial charge in [-0.15, -0.1) is 0 Å². The van der Waals surface area contributed by atoms with Crippen LogP contribution in [0.15, 0.2) is 24.5 Å². The van der Waals surface area contributed by atoms with Crippen LogP contribution < -0.4 is 9.47 Å². The predicted octanol–water partition coefficient (Wildman–Crippen LogP) is 2.02. The van der Waals surface area contributed by atoms with Gasteiger partial charge in [0, 0.05) is 13.1 Å². The zero-order chi connectivity index (χ0) is 16.6. The molecule has 126 valence electrons. The van der Waals surface area contributed by atoms with E-state index in [1.54, 1.807) is 0 Å². The molecule has 2 aliphatic rings. The van der Waals surface area contributed by atoms with Gasteiger partial charge in [0.05, 0.1) is 0 Å². The standard InChI is InChI=1S/C17H20N4O3/c1-17(8-12-3-4-13-14(7-12)24-11-23-13)5-2-6-21(9-17)16(22)15-18-10-19-20-15/h3-4,7,10H,2,5-6,8-9,11H2,1H3,(H,18,19,20)/t17-/m1/s1. The second-order valence-electron chi connectivity index (χ2n) is 6.84. The predicted molar refractivity (Wildman–Crippen MR) is 85.9 cm³/mol. The number of benzene rings is 1. The number of carbonyl (C=O) groups is 1. The van der Waals surface area contributed by atoms with Gasteiger partial charge in [-0.3, -0.25) is 9.89 Å². The molecule has 0 spiro atoms. The van der Waals surface area contributed by atoms with E-state index in [1.165, 1.54) is 11.9 Å². The highest BCUT2D eigenvalue weighted by molar-refractivity contribution is 5.90. The Morgan fingerprint density at radius 3 is 3.08 bits per heavy atom. The summed E-state index contributed by atoms with van der Waals surface area (Å²) < 4.78 is 10.8. The van der Waals surface area contributed by atoms with Crippen LogP contribution in [0.2, 0.25) is 0 Å². The molecule has 4 rings (SSSR count). The second-order valence-corrected chi connectivity index (χ2v) is 6.84. The van der Waals surface area contributed by atoms with E-state index in [0.717, 1.165) is 37.3 Å². The van der Waals surface area contributed by atoms with E-state index < -0.39 is 0 Å². The molecule has 0 radical (unpaired) electrons. The van der Waals surface area contributed by atoms with Crippen LogP contribution >= 0.6 is 0 Å². The first-order valence-corrected chi connectivity index (χ1v) is 8.16. The average molecular weight is 328 g/mol. The quantitative estimate of drug-likeness (QED) is 0.932. The fourth-order valence-corrected chi connectivity index (χ4v) is 3.64. The monoisotopic (exact) mass is 328 g/mol. The van der Waals surface area contributed by atoms with Crippen molar-refractivity contribution in [1.82, 2.24) is 20.1 Å². The third-order valence-corrected chi connectivity index (χ3v) is 4.75. The zero-order valence-electron chi connectivity index (χ0n) is 13.6. The highest BCUT2D eigenvalue weighted by Gasteiger charge is 2.34. The SMILES string of the molecule is C[C@]1(Cc2ccc3c(c2)OCO3)CCCN(C(=O)c2ncn[nH]2)C1. The van der Waals surface area contributed by atoms with Crippen molar-refractivity contribution >= 4 is 5.91 Å². The lowest BCUT2D eigenvalue weighted by atomic mass is 9.77. The Morgan fingerprint density at radius 1 is 1.38 bits per heavy atom. The van der Waals surface area contributed by atoms with E-state index in [0.29, 0.717) is 12.4 Å². The van der Waals surface area contributed by atoms with Gasteiger partial charge in [0.2, 0.25) is 12.6 Å². The first kappa shape index (κ1) is 15.0. The number of ether oxygens (including phenoxy) is 2. The van der Waals surface area contributed by atoms with E-state index in [4.69, 9.17) is 9.47 Å². The summed E-state index contributed by atoms with van der Waals surface area (Å²) in [5.74, 6) is 1.84. The topological polar surface area (TPSA) is 80.3 Å². The van der Waals surface area contributed by atoms with E-state index >= 15 is 0 Å². The summed E-state index contributed by atoms with van der Waals surface area (Å²) >= 11 is 0. The molecule has 7 nitrogen and oxygen atoms in total. The summed E-state index contributed by atoms with van der Waals surface area (Å²) in [6.07, 6.45) is 4.33. The van der Waals surface area contributed by atoms with Crippen molar-refractivity contribution in [2.45, 2.75) is 26.2 Å². The van der Waals surface area contributed by atoms with Gasteiger partial charge in [0.1, 0.15) is 6.33 Å². The average Bonchev–Trinajstić information content (AvgIpc) is 3.25. The van der Waals surface area contributed by atoms with Crippen LogP contribution in [0, 0.1) is 5.41 Å². The lowest BCUT2D eigenvalue weighted by molar-refractivity contribution is 0.0539. The van der Waals surface area contributed by atoms with Crippen molar-refractivity contribution in [3.05, 3.63) is 35.9 Å². The first-order chi connectivity index (χ1) is 11.6. The Kier molecular flexibility index (Phi) is 3.63. The van der Waals surface area contributed by atoms with E-state index in [1.807, 2.05) is 17.0 Å². The molecule has 1 atom stereocenters. The van der Waals surface area contributed by atoms with Gasteiger partial charge in [-0.1, -0.05) is 13.0 Å². The molecule has 0 unspecified atom stereocenters. The van der Waals surface area contributed by atoms with Gasteiger partial charge < -0.3 is 14.4 Å². The summed E-state index contributed by atoms with van der Waals surface area (Å²) in [5.41, 5.74) is 1.23. The fraction of sp³-hybridized carbons (Fsp3) is 0.471. The molecule has 1 saturated heterocycles. The lowest BCUT2D eigenvalue weighted by Gasteiger charge is -2.40. The lowest BCUT2D eigenvalue weighted by Crippen LogP contribution is -2.46. The summed E-state index contributed by atoms with van der Waals surface area (Å²) in [7, 11) is 0. The Hall–Kier alpha value is -2.57. The van der Waals surface area contributed by atoms with Gasteiger partial charge in [0.15, 0.2) is 11.5 Å². The highest BCUT2D eigenvalue weighted by Crippen LogP contribution is 2.37. The molecule has 1 fully saturated rings. The Morgan fingerprint density at radius 2 is 2.25 bits per heavy atom. The van der Waals surface area contributed by atoms with Crippen molar-refractivity contribution in [3.8, 4) is 11.5 Å². The number of aromatic amines is 1. The number of piperidine rings is 1. The summed E-state index contributed by atoms with van der Waals surface area (Å²) in [4.78, 5) is 18.4. The van der Waals surface area contributed by atoms with Gasteiger partial charge in [-0.25, -0.2) is 4.98 Å². The molecule has 1 amide bonds. The smallest absolute Gasteiger partial charge is 0.291 e. The molecule has 0 aliphatic carbocycles. The maximum Gasteiger partial charge on any atom is 0.291 e. The molecule has 24 heavy (non-hydrogen) atoms. The molecule has 2 aliphatic heterocycles. The van der Waals surface area contributed by atoms with Gasteiger partial charge in [-0.2, -0.15) is 5.10 Å². The second kappa shape index (κ2) is 5.81. The maximum absolute atomic E-state index is 12.5. The molecule has 0 bridgehead atoms. The van der Waals surface area contributed by atoms with Crippen LogP contribution in [0.5, 0.6) is 11.5 Å². The fourth-order valence-electron chi connectivity index (χ4n) is 3.64. The Balaban J connectivity index is 1.49. The van der Waals surface area contributed by atoms with E-state index in [2.05, 4.69) is 28.2 Å². The number of likely N-dealkylation sites (tertiary alicyclic amines) is 1. The number of hydrogen-bond acceptors (Lipinski definition) is 5. The molecular weight excluding hydrogens is 308 g/mol. The Bertz CT molecular complexity index is 746. The third kappa shape index (κ3) is 2.81.